The molecule has 0 aliphatic rings. The largest absolute Gasteiger partial charge is 0.326 e. The van der Waals surface area contributed by atoms with Crippen LogP contribution in [0.5, 0.6) is 0 Å². The van der Waals surface area contributed by atoms with Crippen molar-refractivity contribution in [1.82, 2.24) is 4.98 Å². The van der Waals surface area contributed by atoms with Gasteiger partial charge in [-0.25, -0.2) is 4.98 Å². The van der Waals surface area contributed by atoms with Crippen LogP contribution in [0, 0.1) is 6.92 Å². The summed E-state index contributed by atoms with van der Waals surface area (Å²) < 4.78 is 0.989. The summed E-state index contributed by atoms with van der Waals surface area (Å²) >= 11 is 6.61. The molecule has 22 heavy (non-hydrogen) atoms. The summed E-state index contributed by atoms with van der Waals surface area (Å²) in [5, 5.41) is 5.93. The summed E-state index contributed by atoms with van der Waals surface area (Å²) in [5.74, 6) is -0.0243. The van der Waals surface area contributed by atoms with E-state index in [2.05, 4.69) is 26.2 Å². The van der Waals surface area contributed by atoms with Gasteiger partial charge < -0.3 is 5.32 Å². The second-order valence-electron chi connectivity index (χ2n) is 4.71. The fourth-order valence-corrected chi connectivity index (χ4v) is 4.10. The Bertz CT molecular complexity index is 779. The molecule has 0 aliphatic heterocycles. The van der Waals surface area contributed by atoms with Crippen LogP contribution in [-0.4, -0.2) is 10.9 Å². The first-order valence-electron chi connectivity index (χ1n) is 6.67. The number of nitrogens with zero attached hydrogens (tertiary/aromatic N) is 1. The lowest BCUT2D eigenvalue weighted by molar-refractivity contribution is -0.115. The van der Waals surface area contributed by atoms with Gasteiger partial charge in [0, 0.05) is 15.0 Å². The third-order valence-electron chi connectivity index (χ3n) is 3.01. The van der Waals surface area contributed by atoms with Crippen molar-refractivity contribution in [2.24, 2.45) is 0 Å². The van der Waals surface area contributed by atoms with Gasteiger partial charge in [0.15, 0.2) is 0 Å². The Morgan fingerprint density at radius 3 is 2.73 bits per heavy atom. The Labute approximate surface area is 145 Å². The van der Waals surface area contributed by atoms with Gasteiger partial charge in [-0.3, -0.25) is 4.79 Å². The smallest absolute Gasteiger partial charge is 0.229 e. The van der Waals surface area contributed by atoms with Crippen molar-refractivity contribution in [2.45, 2.75) is 13.3 Å². The van der Waals surface area contributed by atoms with E-state index >= 15 is 0 Å². The van der Waals surface area contributed by atoms with E-state index < -0.39 is 0 Å². The third kappa shape index (κ3) is 3.63. The minimum Gasteiger partial charge on any atom is -0.326 e. The van der Waals surface area contributed by atoms with Crippen LogP contribution in [0.2, 0.25) is 0 Å². The predicted octanol–water partition coefficient (Wildman–Crippen LogP) is 5.12. The van der Waals surface area contributed by atoms with E-state index in [9.17, 15) is 4.79 Å². The first-order valence-corrected chi connectivity index (χ1v) is 9.16. The fourth-order valence-electron chi connectivity index (χ4n) is 2.08. The monoisotopic (exact) mass is 392 g/mol. The highest BCUT2D eigenvalue weighted by atomic mass is 79.9. The zero-order valence-corrected chi connectivity index (χ0v) is 15.0. The molecule has 0 saturated heterocycles. The van der Waals surface area contributed by atoms with Gasteiger partial charge in [0.25, 0.3) is 0 Å². The predicted molar refractivity (Wildman–Crippen MR) is 96.6 cm³/mol. The van der Waals surface area contributed by atoms with E-state index in [0.717, 1.165) is 30.6 Å². The lowest BCUT2D eigenvalue weighted by Crippen LogP contribution is -2.14. The van der Waals surface area contributed by atoms with E-state index in [1.165, 1.54) is 0 Å². The second-order valence-corrected chi connectivity index (χ2v) is 7.86. The number of thiophene rings is 1. The number of aryl methyl sites for hydroxylation is 1. The van der Waals surface area contributed by atoms with E-state index in [-0.39, 0.29) is 5.91 Å². The SMILES string of the molecule is Cc1nc(-c2cccs2)c(CC(=O)Nc2ccc(Br)cc2)s1. The summed E-state index contributed by atoms with van der Waals surface area (Å²) in [6.07, 6.45) is 0.342. The van der Waals surface area contributed by atoms with Crippen molar-refractivity contribution in [1.29, 1.82) is 0 Å². The first kappa shape index (κ1) is 15.4. The molecule has 3 aromatic rings. The van der Waals surface area contributed by atoms with Gasteiger partial charge >= 0.3 is 0 Å². The molecule has 1 N–H and O–H groups in total. The Balaban J connectivity index is 1.75. The quantitative estimate of drug-likeness (QED) is 0.668. The van der Waals surface area contributed by atoms with Gasteiger partial charge in [-0.1, -0.05) is 22.0 Å². The molecule has 0 aliphatic carbocycles. The highest BCUT2D eigenvalue weighted by molar-refractivity contribution is 9.10. The number of benzene rings is 1. The molecular formula is C16H13BrN2OS2. The zero-order valence-electron chi connectivity index (χ0n) is 11.8. The number of hydrogen-bond acceptors (Lipinski definition) is 4. The number of halogens is 1. The maximum Gasteiger partial charge on any atom is 0.229 e. The Morgan fingerprint density at radius 1 is 1.27 bits per heavy atom. The summed E-state index contributed by atoms with van der Waals surface area (Å²) in [7, 11) is 0. The molecule has 112 valence electrons. The van der Waals surface area contributed by atoms with Crippen LogP contribution < -0.4 is 5.32 Å². The lowest BCUT2D eigenvalue weighted by Gasteiger charge is -2.05. The summed E-state index contributed by atoms with van der Waals surface area (Å²) in [6.45, 7) is 1.97. The molecular weight excluding hydrogens is 380 g/mol. The minimum atomic E-state index is -0.0243. The van der Waals surface area contributed by atoms with Crippen molar-refractivity contribution in [3.05, 3.63) is 56.1 Å². The Kier molecular flexibility index (Phi) is 4.71. The number of amides is 1. The Morgan fingerprint density at radius 2 is 2.05 bits per heavy atom. The molecule has 1 aromatic carbocycles. The van der Waals surface area contributed by atoms with Crippen molar-refractivity contribution < 1.29 is 4.79 Å². The molecule has 3 rings (SSSR count). The maximum absolute atomic E-state index is 12.3. The van der Waals surface area contributed by atoms with Crippen molar-refractivity contribution >= 4 is 50.2 Å². The van der Waals surface area contributed by atoms with Crippen LogP contribution in [0.15, 0.2) is 46.3 Å². The summed E-state index contributed by atoms with van der Waals surface area (Å²) in [4.78, 5) is 18.9. The Hall–Kier alpha value is -1.50. The van der Waals surface area contributed by atoms with Crippen molar-refractivity contribution in [3.8, 4) is 10.6 Å². The van der Waals surface area contributed by atoms with E-state index in [0.29, 0.717) is 6.42 Å². The van der Waals surface area contributed by atoms with Gasteiger partial charge in [-0.05, 0) is 42.6 Å². The van der Waals surface area contributed by atoms with Gasteiger partial charge in [-0.2, -0.15) is 0 Å². The number of carbonyl (C=O) groups excluding carboxylic acids is 1. The highest BCUT2D eigenvalue weighted by Crippen LogP contribution is 2.31. The van der Waals surface area contributed by atoms with Crippen LogP contribution >= 0.6 is 38.6 Å². The van der Waals surface area contributed by atoms with Gasteiger partial charge in [0.2, 0.25) is 5.91 Å². The fraction of sp³-hybridized carbons (Fsp3) is 0.125. The number of anilines is 1. The molecule has 0 bridgehead atoms. The van der Waals surface area contributed by atoms with Gasteiger partial charge in [0.1, 0.15) is 0 Å². The van der Waals surface area contributed by atoms with Crippen LogP contribution in [0.25, 0.3) is 10.6 Å². The summed E-state index contributed by atoms with van der Waals surface area (Å²) in [5.41, 5.74) is 1.73. The number of rotatable bonds is 4. The molecule has 0 atom stereocenters. The molecule has 1 amide bonds. The topological polar surface area (TPSA) is 42.0 Å². The highest BCUT2D eigenvalue weighted by Gasteiger charge is 2.15. The maximum atomic E-state index is 12.3. The number of thiazole rings is 1. The standard InChI is InChI=1S/C16H13BrN2OS2/c1-10-18-16(13-3-2-8-21-13)14(22-10)9-15(20)19-12-6-4-11(17)5-7-12/h2-8H,9H2,1H3,(H,19,20). The average Bonchev–Trinajstić information content (AvgIpc) is 3.11. The molecule has 2 heterocycles. The molecule has 0 saturated carbocycles. The molecule has 0 radical (unpaired) electrons. The van der Waals surface area contributed by atoms with E-state index in [1.54, 1.807) is 22.7 Å². The third-order valence-corrected chi connectivity index (χ3v) is 5.38. The molecule has 6 heteroatoms. The van der Waals surface area contributed by atoms with Crippen LogP contribution in [-0.2, 0) is 11.2 Å². The number of aromatic nitrogens is 1. The number of hydrogen-bond donors (Lipinski definition) is 1. The molecule has 0 spiro atoms. The van der Waals surface area contributed by atoms with Gasteiger partial charge in [0.05, 0.1) is 22.0 Å². The zero-order chi connectivity index (χ0) is 15.5. The molecule has 2 aromatic heterocycles. The van der Waals surface area contributed by atoms with Crippen LogP contribution in [0.4, 0.5) is 5.69 Å². The first-order chi connectivity index (χ1) is 10.6. The van der Waals surface area contributed by atoms with Crippen molar-refractivity contribution in [3.63, 3.8) is 0 Å². The van der Waals surface area contributed by atoms with Crippen LogP contribution in [0.3, 0.4) is 0 Å². The van der Waals surface area contributed by atoms with Gasteiger partial charge in [-0.15, -0.1) is 22.7 Å². The normalized spacial score (nSPS) is 10.6. The second kappa shape index (κ2) is 6.73. The minimum absolute atomic E-state index is 0.0243. The van der Waals surface area contributed by atoms with Crippen LogP contribution in [0.1, 0.15) is 9.88 Å². The number of carbonyl (C=O) groups is 1. The number of nitrogens with one attached hydrogen (secondary N) is 1. The molecule has 0 fully saturated rings. The molecule has 0 unspecified atom stereocenters. The van der Waals surface area contributed by atoms with E-state index in [4.69, 9.17) is 0 Å². The average molecular weight is 393 g/mol. The lowest BCUT2D eigenvalue weighted by atomic mass is 10.2. The summed E-state index contributed by atoms with van der Waals surface area (Å²) in [6, 6.07) is 11.6. The van der Waals surface area contributed by atoms with Crippen molar-refractivity contribution in [2.75, 3.05) is 5.32 Å². The van der Waals surface area contributed by atoms with E-state index in [1.807, 2.05) is 48.7 Å². The molecule has 3 nitrogen and oxygen atoms in total.